The second-order valence-corrected chi connectivity index (χ2v) is 7.67. The molecule has 2 aromatic heterocycles. The summed E-state index contributed by atoms with van der Waals surface area (Å²) in [6.45, 7) is 1.31. The quantitative estimate of drug-likeness (QED) is 0.860. The second kappa shape index (κ2) is 7.56. The maximum absolute atomic E-state index is 13.0. The molecule has 2 fully saturated rings. The van der Waals surface area contributed by atoms with Crippen LogP contribution >= 0.6 is 0 Å². The summed E-state index contributed by atoms with van der Waals surface area (Å²) in [5.74, 6) is -0.249. The Morgan fingerprint density at radius 2 is 1.82 bits per heavy atom. The van der Waals surface area contributed by atoms with Crippen LogP contribution in [0.15, 0.2) is 12.1 Å². The predicted molar refractivity (Wildman–Crippen MR) is 95.7 cm³/mol. The number of alkyl halides is 3. The van der Waals surface area contributed by atoms with Crippen molar-refractivity contribution in [2.75, 3.05) is 18.0 Å². The van der Waals surface area contributed by atoms with Gasteiger partial charge in [0.2, 0.25) is 5.91 Å². The van der Waals surface area contributed by atoms with Crippen molar-refractivity contribution in [1.82, 2.24) is 25.1 Å². The molecule has 1 saturated heterocycles. The summed E-state index contributed by atoms with van der Waals surface area (Å²) in [6, 6.07) is 3.48. The fraction of sp³-hybridized carbons (Fsp3) is 0.667. The molecule has 1 aliphatic heterocycles. The van der Waals surface area contributed by atoms with Crippen LogP contribution in [0.1, 0.15) is 50.8 Å². The third kappa shape index (κ3) is 4.05. The number of hydrogen-bond donors (Lipinski definition) is 1. The fourth-order valence-electron chi connectivity index (χ4n) is 4.11. The molecule has 1 N–H and O–H groups in total. The third-order valence-electron chi connectivity index (χ3n) is 5.64. The highest BCUT2D eigenvalue weighted by atomic mass is 19.4. The molecule has 0 aromatic carbocycles. The number of rotatable bonds is 4. The first kappa shape index (κ1) is 18.9. The van der Waals surface area contributed by atoms with Crippen LogP contribution < -0.4 is 10.2 Å². The summed E-state index contributed by atoms with van der Waals surface area (Å²) in [7, 11) is 0. The van der Waals surface area contributed by atoms with Gasteiger partial charge in [0.25, 0.3) is 5.82 Å². The Morgan fingerprint density at radius 1 is 1.11 bits per heavy atom. The summed E-state index contributed by atoms with van der Waals surface area (Å²) in [6.07, 6.45) is 2.04. The van der Waals surface area contributed by atoms with E-state index in [1.54, 1.807) is 6.07 Å². The molecular formula is C18H23F3N6O. The molecule has 0 bridgehead atoms. The van der Waals surface area contributed by atoms with E-state index in [0.29, 0.717) is 37.3 Å². The Kier molecular flexibility index (Phi) is 5.11. The van der Waals surface area contributed by atoms with E-state index >= 15 is 0 Å². The predicted octanol–water partition coefficient (Wildman–Crippen LogP) is 2.81. The number of carbonyl (C=O) groups excluding carboxylic acids is 1. The number of hydrogen-bond acceptors (Lipinski definition) is 5. The monoisotopic (exact) mass is 396 g/mol. The van der Waals surface area contributed by atoms with Crippen LogP contribution in [0.25, 0.3) is 5.65 Å². The van der Waals surface area contributed by atoms with Gasteiger partial charge >= 0.3 is 6.18 Å². The first-order chi connectivity index (χ1) is 13.4. The van der Waals surface area contributed by atoms with Crippen molar-refractivity contribution >= 4 is 17.4 Å². The Hall–Kier alpha value is -2.39. The van der Waals surface area contributed by atoms with Crippen molar-refractivity contribution in [3.63, 3.8) is 0 Å². The van der Waals surface area contributed by atoms with Crippen LogP contribution in [0, 0.1) is 5.92 Å². The van der Waals surface area contributed by atoms with Gasteiger partial charge in [-0.05, 0) is 43.7 Å². The molecular weight excluding hydrogens is 373 g/mol. The zero-order valence-electron chi connectivity index (χ0n) is 15.5. The smallest absolute Gasteiger partial charge is 0.355 e. The molecule has 0 atom stereocenters. The lowest BCUT2D eigenvalue weighted by Gasteiger charge is -2.32. The van der Waals surface area contributed by atoms with Crippen molar-refractivity contribution in [3.8, 4) is 0 Å². The van der Waals surface area contributed by atoms with Crippen molar-refractivity contribution in [2.45, 2.75) is 57.2 Å². The minimum absolute atomic E-state index is 0.0644. The number of aromatic nitrogens is 4. The van der Waals surface area contributed by atoms with Gasteiger partial charge in [0.1, 0.15) is 5.82 Å². The van der Waals surface area contributed by atoms with Crippen LogP contribution in [0.3, 0.4) is 0 Å². The number of anilines is 1. The minimum Gasteiger partial charge on any atom is -0.355 e. The average Bonchev–Trinajstić information content (AvgIpc) is 3.30. The van der Waals surface area contributed by atoms with Crippen LogP contribution in [-0.2, 0) is 11.0 Å². The minimum atomic E-state index is -4.61. The van der Waals surface area contributed by atoms with Gasteiger partial charge in [-0.15, -0.1) is 15.3 Å². The molecule has 2 aliphatic rings. The van der Waals surface area contributed by atoms with E-state index in [1.807, 2.05) is 4.90 Å². The van der Waals surface area contributed by atoms with E-state index in [2.05, 4.69) is 20.6 Å². The third-order valence-corrected chi connectivity index (χ3v) is 5.64. The summed E-state index contributed by atoms with van der Waals surface area (Å²) in [5.41, 5.74) is 0.0644. The van der Waals surface area contributed by atoms with Crippen molar-refractivity contribution in [2.24, 2.45) is 5.92 Å². The average molecular weight is 396 g/mol. The maximum atomic E-state index is 13.0. The van der Waals surface area contributed by atoms with Gasteiger partial charge in [-0.25, -0.2) is 0 Å². The molecule has 1 aliphatic carbocycles. The summed E-state index contributed by atoms with van der Waals surface area (Å²) in [4.78, 5) is 14.2. The fourth-order valence-corrected chi connectivity index (χ4v) is 4.11. The largest absolute Gasteiger partial charge is 0.453 e. The molecule has 0 spiro atoms. The summed E-state index contributed by atoms with van der Waals surface area (Å²) >= 11 is 0. The second-order valence-electron chi connectivity index (χ2n) is 7.67. The van der Waals surface area contributed by atoms with Crippen LogP contribution in [-0.4, -0.2) is 44.8 Å². The van der Waals surface area contributed by atoms with Gasteiger partial charge in [-0.1, -0.05) is 12.8 Å². The Balaban J connectivity index is 1.36. The number of amides is 1. The molecule has 4 rings (SSSR count). The van der Waals surface area contributed by atoms with E-state index in [1.165, 1.54) is 18.9 Å². The van der Waals surface area contributed by atoms with E-state index < -0.39 is 12.0 Å². The Labute approximate surface area is 160 Å². The summed E-state index contributed by atoms with van der Waals surface area (Å²) < 4.78 is 39.8. The standard InChI is InChI=1S/C18H23F3N6O/c19-18(20,21)17-24-23-14-5-6-15(25-27(14)17)26-9-7-12(8-10-26)11-16(28)22-13-3-1-2-4-13/h5-6,12-13H,1-4,7-11H2,(H,22,28). The van der Waals surface area contributed by atoms with Gasteiger partial charge < -0.3 is 10.2 Å². The number of piperidine rings is 1. The van der Waals surface area contributed by atoms with Gasteiger partial charge in [-0.2, -0.15) is 17.7 Å². The highest BCUT2D eigenvalue weighted by molar-refractivity contribution is 5.76. The number of nitrogens with one attached hydrogen (secondary N) is 1. The molecule has 0 radical (unpaired) electrons. The van der Waals surface area contributed by atoms with E-state index in [9.17, 15) is 18.0 Å². The topological polar surface area (TPSA) is 75.4 Å². The van der Waals surface area contributed by atoms with Gasteiger partial charge in [0, 0.05) is 25.6 Å². The highest BCUT2D eigenvalue weighted by Crippen LogP contribution is 2.29. The molecule has 7 nitrogen and oxygen atoms in total. The molecule has 10 heteroatoms. The van der Waals surface area contributed by atoms with E-state index in [0.717, 1.165) is 30.2 Å². The van der Waals surface area contributed by atoms with E-state index in [4.69, 9.17) is 0 Å². The molecule has 0 unspecified atom stereocenters. The number of fused-ring (bicyclic) bond motifs is 1. The zero-order chi connectivity index (χ0) is 19.7. The number of halogens is 3. The van der Waals surface area contributed by atoms with Crippen molar-refractivity contribution in [3.05, 3.63) is 18.0 Å². The van der Waals surface area contributed by atoms with Crippen molar-refractivity contribution < 1.29 is 18.0 Å². The van der Waals surface area contributed by atoms with Gasteiger partial charge in [0.15, 0.2) is 5.65 Å². The lowest BCUT2D eigenvalue weighted by atomic mass is 9.93. The maximum Gasteiger partial charge on any atom is 0.453 e. The van der Waals surface area contributed by atoms with Crippen LogP contribution in [0.2, 0.25) is 0 Å². The first-order valence-electron chi connectivity index (χ1n) is 9.74. The Bertz CT molecular complexity index is 837. The van der Waals surface area contributed by atoms with Gasteiger partial charge in [-0.3, -0.25) is 4.79 Å². The normalized spacial score (nSPS) is 19.5. The molecule has 3 heterocycles. The number of carbonyl (C=O) groups is 1. The first-order valence-corrected chi connectivity index (χ1v) is 9.74. The lowest BCUT2D eigenvalue weighted by Crippen LogP contribution is -2.38. The Morgan fingerprint density at radius 3 is 2.50 bits per heavy atom. The molecule has 152 valence electrons. The molecule has 28 heavy (non-hydrogen) atoms. The SMILES string of the molecule is O=C(CC1CCN(c2ccc3nnc(C(F)(F)F)n3n2)CC1)NC1CCCC1. The highest BCUT2D eigenvalue weighted by Gasteiger charge is 2.38. The van der Waals surface area contributed by atoms with Crippen molar-refractivity contribution in [1.29, 1.82) is 0 Å². The zero-order valence-corrected chi connectivity index (χ0v) is 15.5. The van der Waals surface area contributed by atoms with Gasteiger partial charge in [0.05, 0.1) is 0 Å². The molecule has 1 amide bonds. The van der Waals surface area contributed by atoms with Crippen LogP contribution in [0.4, 0.5) is 19.0 Å². The lowest BCUT2D eigenvalue weighted by molar-refractivity contribution is -0.146. The molecule has 1 saturated carbocycles. The van der Waals surface area contributed by atoms with Crippen LogP contribution in [0.5, 0.6) is 0 Å². The number of nitrogens with zero attached hydrogens (tertiary/aromatic N) is 5. The van der Waals surface area contributed by atoms with E-state index in [-0.39, 0.29) is 11.6 Å². The summed E-state index contributed by atoms with van der Waals surface area (Å²) in [5, 5.41) is 13.9. The molecule has 2 aromatic rings.